The molecule has 0 bridgehead atoms. The summed E-state index contributed by atoms with van der Waals surface area (Å²) >= 11 is 0. The molecule has 1 heterocycles. The van der Waals surface area contributed by atoms with Crippen LogP contribution in [0.1, 0.15) is 36.9 Å². The van der Waals surface area contributed by atoms with Crippen LogP contribution in [0, 0.1) is 18.8 Å². The number of nitrogens with zero attached hydrogens (tertiary/aromatic N) is 1. The molecule has 0 spiro atoms. The van der Waals surface area contributed by atoms with Gasteiger partial charge in [0.1, 0.15) is 18.3 Å². The van der Waals surface area contributed by atoms with Crippen molar-refractivity contribution in [3.8, 4) is 5.75 Å². The molecule has 3 aromatic rings. The van der Waals surface area contributed by atoms with Crippen LogP contribution in [0.2, 0.25) is 0 Å². The van der Waals surface area contributed by atoms with E-state index in [9.17, 15) is 9.59 Å². The van der Waals surface area contributed by atoms with Crippen LogP contribution in [0.3, 0.4) is 0 Å². The first kappa shape index (κ1) is 20.8. The second-order valence-corrected chi connectivity index (χ2v) is 8.08. The number of rotatable bonds is 6. The van der Waals surface area contributed by atoms with Crippen molar-refractivity contribution in [2.75, 3.05) is 5.32 Å². The number of carbonyl (C=O) groups excluding carboxylic acids is 2. The third kappa shape index (κ3) is 5.01. The summed E-state index contributed by atoms with van der Waals surface area (Å²) in [6.07, 6.45) is 5.23. The fourth-order valence-electron chi connectivity index (χ4n) is 4.32. The van der Waals surface area contributed by atoms with Crippen molar-refractivity contribution in [2.45, 2.75) is 39.2 Å². The quantitative estimate of drug-likeness (QED) is 0.559. The highest BCUT2D eigenvalue weighted by molar-refractivity contribution is 5.93. The molecule has 1 fully saturated rings. The Morgan fingerprint density at radius 3 is 2.74 bits per heavy atom. The number of pyridine rings is 1. The maximum absolute atomic E-state index is 12.7. The molecule has 1 aliphatic rings. The van der Waals surface area contributed by atoms with E-state index in [2.05, 4.69) is 16.4 Å². The predicted molar refractivity (Wildman–Crippen MR) is 122 cm³/mol. The standard InChI is InChI=1S/C26H26N2O3/c1-18-16-20(23-7-4-5-9-25(23)27-18)17-31-22-12-10-21(11-13-22)28-26(30)24-8-3-2-6-19(24)14-15-29/h4-5,7,9-14,16,19,24H,2-3,6,8,17H2,1H3,(H,28,30)/t19?,24-/m0/s1. The van der Waals surface area contributed by atoms with Gasteiger partial charge in [-0.1, -0.05) is 31.0 Å². The lowest BCUT2D eigenvalue weighted by Crippen LogP contribution is -2.31. The van der Waals surface area contributed by atoms with Gasteiger partial charge in [0.2, 0.25) is 5.91 Å². The van der Waals surface area contributed by atoms with Crippen LogP contribution in [0.25, 0.3) is 10.9 Å². The van der Waals surface area contributed by atoms with E-state index in [0.717, 1.165) is 59.3 Å². The SMILES string of the molecule is Cc1cc(COc2ccc(NC(=O)[C@H]3CCCCC3C=C=O)cc2)c2ccccc2n1. The van der Waals surface area contributed by atoms with Crippen molar-refractivity contribution < 1.29 is 14.3 Å². The molecule has 1 amide bonds. The largest absolute Gasteiger partial charge is 0.489 e. The molecule has 4 rings (SSSR count). The Balaban J connectivity index is 1.40. The van der Waals surface area contributed by atoms with Gasteiger partial charge in [-0.3, -0.25) is 9.78 Å². The fraction of sp³-hybridized carbons (Fsp3) is 0.308. The summed E-state index contributed by atoms with van der Waals surface area (Å²) in [6.45, 7) is 2.42. The zero-order chi connectivity index (χ0) is 21.6. The molecular weight excluding hydrogens is 388 g/mol. The highest BCUT2D eigenvalue weighted by Crippen LogP contribution is 2.31. The Hall–Kier alpha value is -3.43. The molecule has 2 aromatic carbocycles. The second-order valence-electron chi connectivity index (χ2n) is 8.08. The summed E-state index contributed by atoms with van der Waals surface area (Å²) in [5.74, 6) is 2.36. The van der Waals surface area contributed by atoms with Crippen molar-refractivity contribution in [2.24, 2.45) is 11.8 Å². The van der Waals surface area contributed by atoms with Gasteiger partial charge in [-0.2, -0.15) is 0 Å². The van der Waals surface area contributed by atoms with E-state index in [1.165, 1.54) is 6.08 Å². The number of aromatic nitrogens is 1. The molecule has 1 N–H and O–H groups in total. The van der Waals surface area contributed by atoms with Gasteiger partial charge >= 0.3 is 0 Å². The van der Waals surface area contributed by atoms with E-state index < -0.39 is 0 Å². The normalized spacial score (nSPS) is 18.2. The van der Waals surface area contributed by atoms with Crippen molar-refractivity contribution in [3.63, 3.8) is 0 Å². The number of aryl methyl sites for hydroxylation is 1. The van der Waals surface area contributed by atoms with Gasteiger partial charge in [-0.05, 0) is 62.1 Å². The van der Waals surface area contributed by atoms with E-state index in [0.29, 0.717) is 6.61 Å². The molecule has 158 valence electrons. The second kappa shape index (κ2) is 9.59. The number of hydrogen-bond donors (Lipinski definition) is 1. The van der Waals surface area contributed by atoms with Crippen molar-refractivity contribution in [3.05, 3.63) is 71.9 Å². The Labute approximate surface area is 182 Å². The highest BCUT2D eigenvalue weighted by Gasteiger charge is 2.29. The number of para-hydroxylation sites is 1. The number of nitrogens with one attached hydrogen (secondary N) is 1. The summed E-state index contributed by atoms with van der Waals surface area (Å²) < 4.78 is 5.99. The summed E-state index contributed by atoms with van der Waals surface area (Å²) in [4.78, 5) is 28.0. The molecule has 0 aliphatic heterocycles. The molecule has 5 heteroatoms. The van der Waals surface area contributed by atoms with Crippen LogP contribution in [0.15, 0.2) is 60.7 Å². The van der Waals surface area contributed by atoms with Crippen LogP contribution >= 0.6 is 0 Å². The lowest BCUT2D eigenvalue weighted by atomic mass is 9.79. The van der Waals surface area contributed by atoms with Gasteiger partial charge in [-0.25, -0.2) is 4.79 Å². The molecular formula is C26H26N2O3. The van der Waals surface area contributed by atoms with Gasteiger partial charge in [-0.15, -0.1) is 0 Å². The zero-order valence-electron chi connectivity index (χ0n) is 17.6. The minimum atomic E-state index is -0.172. The average molecular weight is 415 g/mol. The molecule has 1 unspecified atom stereocenters. The maximum Gasteiger partial charge on any atom is 0.228 e. The van der Waals surface area contributed by atoms with E-state index in [-0.39, 0.29) is 17.7 Å². The number of amides is 1. The zero-order valence-corrected chi connectivity index (χ0v) is 17.6. The summed E-state index contributed by atoms with van der Waals surface area (Å²) in [7, 11) is 0. The Kier molecular flexibility index (Phi) is 6.44. The first-order chi connectivity index (χ1) is 15.1. The number of carbonyl (C=O) groups is 1. The number of anilines is 1. The van der Waals surface area contributed by atoms with Crippen molar-refractivity contribution >= 4 is 28.4 Å². The van der Waals surface area contributed by atoms with Gasteiger partial charge in [0.15, 0.2) is 0 Å². The Morgan fingerprint density at radius 2 is 1.94 bits per heavy atom. The van der Waals surface area contributed by atoms with Crippen LogP contribution < -0.4 is 10.1 Å². The van der Waals surface area contributed by atoms with Gasteiger partial charge in [0, 0.05) is 34.3 Å². The van der Waals surface area contributed by atoms with Crippen LogP contribution in [0.5, 0.6) is 5.75 Å². The molecule has 0 radical (unpaired) electrons. The maximum atomic E-state index is 12.7. The van der Waals surface area contributed by atoms with Crippen molar-refractivity contribution in [1.29, 1.82) is 0 Å². The number of benzene rings is 2. The Bertz CT molecular complexity index is 1120. The molecule has 0 saturated heterocycles. The minimum absolute atomic E-state index is 0.0208. The van der Waals surface area contributed by atoms with Crippen LogP contribution in [-0.4, -0.2) is 16.8 Å². The molecule has 1 saturated carbocycles. The van der Waals surface area contributed by atoms with Crippen molar-refractivity contribution in [1.82, 2.24) is 4.98 Å². The number of hydrogen-bond acceptors (Lipinski definition) is 4. The van der Waals surface area contributed by atoms with E-state index >= 15 is 0 Å². The molecule has 31 heavy (non-hydrogen) atoms. The monoisotopic (exact) mass is 414 g/mol. The van der Waals surface area contributed by atoms with E-state index in [1.807, 2.05) is 61.4 Å². The molecule has 2 atom stereocenters. The number of allylic oxidation sites excluding steroid dienone is 1. The van der Waals surface area contributed by atoms with E-state index in [4.69, 9.17) is 4.74 Å². The first-order valence-electron chi connectivity index (χ1n) is 10.7. The van der Waals surface area contributed by atoms with E-state index in [1.54, 1.807) is 0 Å². The lowest BCUT2D eigenvalue weighted by Gasteiger charge is -2.27. The molecule has 1 aliphatic carbocycles. The van der Waals surface area contributed by atoms with Gasteiger partial charge in [0.05, 0.1) is 5.52 Å². The van der Waals surface area contributed by atoms with Gasteiger partial charge < -0.3 is 10.1 Å². The smallest absolute Gasteiger partial charge is 0.228 e. The molecule has 5 nitrogen and oxygen atoms in total. The fourth-order valence-corrected chi connectivity index (χ4v) is 4.32. The van der Waals surface area contributed by atoms with Gasteiger partial charge in [0.25, 0.3) is 0 Å². The number of fused-ring (bicyclic) bond motifs is 1. The summed E-state index contributed by atoms with van der Waals surface area (Å²) in [5.41, 5.74) is 3.74. The minimum Gasteiger partial charge on any atom is -0.489 e. The number of ether oxygens (including phenoxy) is 1. The Morgan fingerprint density at radius 1 is 1.16 bits per heavy atom. The predicted octanol–water partition coefficient (Wildman–Crippen LogP) is 5.25. The third-order valence-corrected chi connectivity index (χ3v) is 5.88. The van der Waals surface area contributed by atoms with Crippen LogP contribution in [0.4, 0.5) is 5.69 Å². The summed E-state index contributed by atoms with van der Waals surface area (Å²) in [5, 5.41) is 4.07. The first-order valence-corrected chi connectivity index (χ1v) is 10.7. The average Bonchev–Trinajstić information content (AvgIpc) is 2.79. The third-order valence-electron chi connectivity index (χ3n) is 5.88. The van der Waals surface area contributed by atoms with Crippen LogP contribution in [-0.2, 0) is 16.2 Å². The summed E-state index contributed by atoms with van der Waals surface area (Å²) in [6, 6.07) is 17.5. The topological polar surface area (TPSA) is 68.3 Å². The lowest BCUT2D eigenvalue weighted by molar-refractivity contribution is -0.121. The highest BCUT2D eigenvalue weighted by atomic mass is 16.5. The molecule has 1 aromatic heterocycles.